The van der Waals surface area contributed by atoms with Crippen LogP contribution in [0.15, 0.2) is 24.5 Å². The van der Waals surface area contributed by atoms with E-state index in [4.69, 9.17) is 16.3 Å². The minimum absolute atomic E-state index is 0.0365. The first-order chi connectivity index (χ1) is 14.7. The van der Waals surface area contributed by atoms with Crippen molar-refractivity contribution in [1.29, 1.82) is 0 Å². The Labute approximate surface area is 187 Å². The van der Waals surface area contributed by atoms with Crippen LogP contribution in [0, 0.1) is 11.8 Å². The minimum Gasteiger partial charge on any atom is -0.386 e. The molecule has 1 aliphatic rings. The van der Waals surface area contributed by atoms with Crippen LogP contribution in [-0.2, 0) is 27.2 Å². The van der Waals surface area contributed by atoms with Crippen LogP contribution in [0.3, 0.4) is 0 Å². The predicted molar refractivity (Wildman–Crippen MR) is 116 cm³/mol. The molecule has 0 radical (unpaired) electrons. The highest BCUT2D eigenvalue weighted by Crippen LogP contribution is 2.27. The summed E-state index contributed by atoms with van der Waals surface area (Å²) in [5.74, 6) is 1.36. The topological polar surface area (TPSA) is 118 Å². The Kier molecular flexibility index (Phi) is 9.61. The zero-order valence-electron chi connectivity index (χ0n) is 18.3. The number of aliphatic hydroxyl groups excluding tert-OH is 1. The highest BCUT2D eigenvalue weighted by atomic mass is 35.5. The maximum atomic E-state index is 11.5. The number of aliphatic hydroxyl groups is 1. The predicted octanol–water partition coefficient (Wildman–Crippen LogP) is 2.83. The highest BCUT2D eigenvalue weighted by Gasteiger charge is 2.26. The molecule has 0 aromatic carbocycles. The largest absolute Gasteiger partial charge is 0.386 e. The van der Waals surface area contributed by atoms with E-state index < -0.39 is 6.10 Å². The summed E-state index contributed by atoms with van der Waals surface area (Å²) in [7, 11) is 0. The van der Waals surface area contributed by atoms with Gasteiger partial charge in [-0.15, -0.1) is 11.6 Å². The van der Waals surface area contributed by atoms with Gasteiger partial charge in [-0.2, -0.15) is 0 Å². The van der Waals surface area contributed by atoms with Crippen molar-refractivity contribution >= 4 is 23.2 Å². The Morgan fingerprint density at radius 3 is 2.03 bits per heavy atom. The number of hydrogen-bond donors (Lipinski definition) is 1. The van der Waals surface area contributed by atoms with Gasteiger partial charge >= 0.3 is 0 Å². The van der Waals surface area contributed by atoms with E-state index in [1.807, 2.05) is 33.8 Å². The number of ketones is 2. The monoisotopic (exact) mass is 448 g/mol. The fourth-order valence-corrected chi connectivity index (χ4v) is 2.54. The average Bonchev–Trinajstić information content (AvgIpc) is 3.59. The van der Waals surface area contributed by atoms with Crippen molar-refractivity contribution in [2.45, 2.75) is 52.7 Å². The van der Waals surface area contributed by atoms with Crippen molar-refractivity contribution in [2.24, 2.45) is 11.8 Å². The summed E-state index contributed by atoms with van der Waals surface area (Å²) in [5.41, 5.74) is 1.34. The molecule has 0 spiro atoms. The standard InChI is InChI=1S/C11H15ClN2O2.C11H14N2O2/c1-7(2)9(15)5-11-13-4-3-8(14-11)10(16)6-12;1-7(2)9(14)5-11-12-4-3-8(13-11)10-6-15-10/h3-4,7,10,16H,5-6H2,1-2H3;3-4,7,10H,5-6H2,1-2H3/t2*10-/m00/s1. The molecular formula is C22H29ClN4O4. The molecule has 1 aliphatic heterocycles. The van der Waals surface area contributed by atoms with Gasteiger partial charge in [-0.1, -0.05) is 27.7 Å². The summed E-state index contributed by atoms with van der Waals surface area (Å²) in [6, 6.07) is 3.43. The quantitative estimate of drug-likeness (QED) is 0.459. The Balaban J connectivity index is 0.000000220. The third-order valence-corrected chi connectivity index (χ3v) is 4.85. The molecule has 0 aliphatic carbocycles. The lowest BCUT2D eigenvalue weighted by molar-refractivity contribution is -0.122. The van der Waals surface area contributed by atoms with Crippen molar-refractivity contribution in [1.82, 2.24) is 19.9 Å². The molecule has 0 saturated carbocycles. The number of carbonyl (C=O) groups excluding carboxylic acids is 2. The Morgan fingerprint density at radius 1 is 1.03 bits per heavy atom. The summed E-state index contributed by atoms with van der Waals surface area (Å²) in [5, 5.41) is 9.49. The number of halogens is 1. The second kappa shape index (κ2) is 11.9. The van der Waals surface area contributed by atoms with Gasteiger partial charge in [0.2, 0.25) is 0 Å². The van der Waals surface area contributed by atoms with Crippen LogP contribution in [-0.4, -0.2) is 49.1 Å². The molecule has 2 aromatic heterocycles. The molecule has 0 amide bonds. The van der Waals surface area contributed by atoms with E-state index in [2.05, 4.69) is 19.9 Å². The first kappa shape index (κ1) is 25.0. The normalized spacial score (nSPS) is 15.9. The van der Waals surface area contributed by atoms with Gasteiger partial charge in [0.25, 0.3) is 0 Å². The second-order valence-corrected chi connectivity index (χ2v) is 8.19. The van der Waals surface area contributed by atoms with Gasteiger partial charge < -0.3 is 9.84 Å². The summed E-state index contributed by atoms with van der Waals surface area (Å²) < 4.78 is 5.13. The van der Waals surface area contributed by atoms with Gasteiger partial charge in [0, 0.05) is 24.2 Å². The second-order valence-electron chi connectivity index (χ2n) is 7.88. The molecular weight excluding hydrogens is 420 g/mol. The van der Waals surface area contributed by atoms with Crippen LogP contribution in [0.4, 0.5) is 0 Å². The summed E-state index contributed by atoms with van der Waals surface area (Å²) in [6.45, 7) is 8.17. The van der Waals surface area contributed by atoms with Crippen molar-refractivity contribution in [3.63, 3.8) is 0 Å². The van der Waals surface area contributed by atoms with Crippen LogP contribution < -0.4 is 0 Å². The van der Waals surface area contributed by atoms with E-state index in [9.17, 15) is 14.7 Å². The number of Topliss-reactive ketones (excluding diaryl/α,β-unsaturated/α-hetero) is 2. The number of carbonyl (C=O) groups is 2. The fraction of sp³-hybridized carbons (Fsp3) is 0.545. The van der Waals surface area contributed by atoms with Gasteiger partial charge in [-0.25, -0.2) is 19.9 Å². The van der Waals surface area contributed by atoms with E-state index in [0.29, 0.717) is 23.8 Å². The molecule has 3 rings (SSSR count). The Morgan fingerprint density at radius 2 is 1.55 bits per heavy atom. The minimum atomic E-state index is -0.808. The summed E-state index contributed by atoms with van der Waals surface area (Å²) >= 11 is 5.52. The zero-order valence-corrected chi connectivity index (χ0v) is 19.0. The molecule has 31 heavy (non-hydrogen) atoms. The molecule has 3 heterocycles. The number of alkyl halides is 1. The Bertz CT molecular complexity index is 887. The SMILES string of the molecule is CC(C)C(=O)Cc1nccc([C@@H](O)CCl)n1.CC(C)C(=O)Cc1nccc([C@@H]2CO2)n1. The lowest BCUT2D eigenvalue weighted by atomic mass is 10.1. The third kappa shape index (κ3) is 8.40. The molecule has 8 nitrogen and oxygen atoms in total. The van der Waals surface area contributed by atoms with E-state index in [1.165, 1.54) is 6.20 Å². The molecule has 1 fully saturated rings. The van der Waals surface area contributed by atoms with E-state index >= 15 is 0 Å². The number of epoxide rings is 1. The average molecular weight is 449 g/mol. The fourth-order valence-electron chi connectivity index (χ4n) is 2.38. The maximum absolute atomic E-state index is 11.5. The molecule has 2 aromatic rings. The number of aromatic nitrogens is 4. The van der Waals surface area contributed by atoms with Crippen LogP contribution in [0.5, 0.6) is 0 Å². The molecule has 168 valence electrons. The van der Waals surface area contributed by atoms with Crippen LogP contribution in [0.2, 0.25) is 0 Å². The zero-order chi connectivity index (χ0) is 23.0. The Hall–Kier alpha value is -2.29. The molecule has 0 unspecified atom stereocenters. The number of ether oxygens (including phenoxy) is 1. The lowest BCUT2D eigenvalue weighted by Gasteiger charge is -2.08. The van der Waals surface area contributed by atoms with E-state index in [-0.39, 0.29) is 41.8 Å². The van der Waals surface area contributed by atoms with Gasteiger partial charge in [0.1, 0.15) is 35.4 Å². The van der Waals surface area contributed by atoms with Crippen molar-refractivity contribution in [3.8, 4) is 0 Å². The van der Waals surface area contributed by atoms with Crippen LogP contribution in [0.25, 0.3) is 0 Å². The lowest BCUT2D eigenvalue weighted by Crippen LogP contribution is -2.14. The molecule has 1 N–H and O–H groups in total. The first-order valence-corrected chi connectivity index (χ1v) is 10.8. The smallest absolute Gasteiger partial charge is 0.142 e. The molecule has 2 atom stereocenters. The van der Waals surface area contributed by atoms with Gasteiger partial charge in [-0.3, -0.25) is 9.59 Å². The number of rotatable bonds is 9. The maximum Gasteiger partial charge on any atom is 0.142 e. The number of hydrogen-bond acceptors (Lipinski definition) is 8. The van der Waals surface area contributed by atoms with Crippen LogP contribution >= 0.6 is 11.6 Å². The molecule has 0 bridgehead atoms. The van der Waals surface area contributed by atoms with Gasteiger partial charge in [-0.05, 0) is 12.1 Å². The molecule has 9 heteroatoms. The van der Waals surface area contributed by atoms with Gasteiger partial charge in [0.05, 0.1) is 36.7 Å². The van der Waals surface area contributed by atoms with Crippen molar-refractivity contribution in [2.75, 3.05) is 12.5 Å². The van der Waals surface area contributed by atoms with Gasteiger partial charge in [0.15, 0.2) is 0 Å². The number of nitrogens with zero attached hydrogens (tertiary/aromatic N) is 4. The van der Waals surface area contributed by atoms with E-state index in [0.717, 1.165) is 12.3 Å². The van der Waals surface area contributed by atoms with Crippen molar-refractivity contribution < 1.29 is 19.4 Å². The highest BCUT2D eigenvalue weighted by molar-refractivity contribution is 6.18. The third-order valence-electron chi connectivity index (χ3n) is 4.56. The molecule has 1 saturated heterocycles. The van der Waals surface area contributed by atoms with E-state index in [1.54, 1.807) is 12.3 Å². The summed E-state index contributed by atoms with van der Waals surface area (Å²) in [6.07, 6.45) is 3.05. The van der Waals surface area contributed by atoms with Crippen molar-refractivity contribution in [3.05, 3.63) is 47.6 Å². The summed E-state index contributed by atoms with van der Waals surface area (Å²) in [4.78, 5) is 39.5. The van der Waals surface area contributed by atoms with Crippen LogP contribution in [0.1, 0.15) is 62.9 Å². The first-order valence-electron chi connectivity index (χ1n) is 10.3.